The minimum absolute atomic E-state index is 0.0984. The summed E-state index contributed by atoms with van der Waals surface area (Å²) in [4.78, 5) is 14.1. The van der Waals surface area contributed by atoms with Gasteiger partial charge in [0.05, 0.1) is 12.1 Å². The van der Waals surface area contributed by atoms with Gasteiger partial charge in [-0.15, -0.1) is 13.2 Å². The molecule has 0 saturated carbocycles. The summed E-state index contributed by atoms with van der Waals surface area (Å²) in [6, 6.07) is 5.65. The van der Waals surface area contributed by atoms with Gasteiger partial charge in [0.25, 0.3) is 0 Å². The SMILES string of the molecule is C=CCN(CC=C)C(=O)NC(c1ccc(F)cc1)C1CCCO1. The van der Waals surface area contributed by atoms with Gasteiger partial charge < -0.3 is 15.0 Å². The third-order valence-electron chi connectivity index (χ3n) is 3.83. The molecular formula is C18H23FN2O2. The van der Waals surface area contributed by atoms with Gasteiger partial charge in [0.1, 0.15) is 5.82 Å². The number of carbonyl (C=O) groups is 1. The predicted octanol–water partition coefficient (Wildman–Crippen LogP) is 3.43. The summed E-state index contributed by atoms with van der Waals surface area (Å²) in [5.74, 6) is -0.300. The van der Waals surface area contributed by atoms with Crippen molar-refractivity contribution >= 4 is 6.03 Å². The molecule has 1 N–H and O–H groups in total. The van der Waals surface area contributed by atoms with E-state index in [-0.39, 0.29) is 24.0 Å². The lowest BCUT2D eigenvalue weighted by atomic mass is 9.99. The molecule has 1 heterocycles. The molecule has 2 unspecified atom stereocenters. The summed E-state index contributed by atoms with van der Waals surface area (Å²) in [7, 11) is 0. The quantitative estimate of drug-likeness (QED) is 0.783. The van der Waals surface area contributed by atoms with Crippen LogP contribution in [0.2, 0.25) is 0 Å². The second-order valence-electron chi connectivity index (χ2n) is 5.51. The number of ether oxygens (including phenoxy) is 1. The van der Waals surface area contributed by atoms with Crippen LogP contribution in [0.1, 0.15) is 24.4 Å². The molecule has 0 aliphatic carbocycles. The molecule has 1 aliphatic rings. The topological polar surface area (TPSA) is 41.6 Å². The maximum Gasteiger partial charge on any atom is 0.318 e. The van der Waals surface area contributed by atoms with Crippen molar-refractivity contribution in [3.63, 3.8) is 0 Å². The first-order valence-electron chi connectivity index (χ1n) is 7.80. The molecule has 1 aromatic carbocycles. The first kappa shape index (κ1) is 17.2. The number of rotatable bonds is 7. The fourth-order valence-corrected chi connectivity index (χ4v) is 2.70. The van der Waals surface area contributed by atoms with E-state index in [1.807, 2.05) is 0 Å². The molecule has 0 radical (unpaired) electrons. The molecule has 1 aromatic rings. The molecule has 2 amide bonds. The number of hydrogen-bond donors (Lipinski definition) is 1. The predicted molar refractivity (Wildman–Crippen MR) is 88.6 cm³/mol. The van der Waals surface area contributed by atoms with Gasteiger partial charge in [0.15, 0.2) is 0 Å². The van der Waals surface area contributed by atoms with Gasteiger partial charge in [-0.25, -0.2) is 9.18 Å². The van der Waals surface area contributed by atoms with E-state index in [0.29, 0.717) is 19.7 Å². The smallest absolute Gasteiger partial charge is 0.318 e. The maximum absolute atomic E-state index is 13.2. The van der Waals surface area contributed by atoms with Gasteiger partial charge >= 0.3 is 6.03 Å². The van der Waals surface area contributed by atoms with Crippen molar-refractivity contribution in [1.29, 1.82) is 0 Å². The average Bonchev–Trinajstić information content (AvgIpc) is 3.07. The summed E-state index contributed by atoms with van der Waals surface area (Å²) in [5, 5.41) is 3.01. The first-order valence-corrected chi connectivity index (χ1v) is 7.80. The number of hydrogen-bond acceptors (Lipinski definition) is 2. The molecule has 1 saturated heterocycles. The van der Waals surface area contributed by atoms with Crippen molar-refractivity contribution in [1.82, 2.24) is 10.2 Å². The van der Waals surface area contributed by atoms with Crippen molar-refractivity contribution < 1.29 is 13.9 Å². The van der Waals surface area contributed by atoms with E-state index in [2.05, 4.69) is 18.5 Å². The second-order valence-corrected chi connectivity index (χ2v) is 5.51. The van der Waals surface area contributed by atoms with Gasteiger partial charge in [0, 0.05) is 19.7 Å². The summed E-state index contributed by atoms with van der Waals surface area (Å²) in [6.45, 7) is 8.88. The van der Waals surface area contributed by atoms with Crippen molar-refractivity contribution in [3.8, 4) is 0 Å². The van der Waals surface area contributed by atoms with Crippen molar-refractivity contribution in [2.75, 3.05) is 19.7 Å². The molecule has 5 heteroatoms. The molecule has 2 atom stereocenters. The Morgan fingerprint density at radius 1 is 1.35 bits per heavy atom. The minimum atomic E-state index is -0.303. The van der Waals surface area contributed by atoms with E-state index >= 15 is 0 Å². The first-order chi connectivity index (χ1) is 11.2. The summed E-state index contributed by atoms with van der Waals surface area (Å²) in [5.41, 5.74) is 0.837. The van der Waals surface area contributed by atoms with E-state index < -0.39 is 0 Å². The largest absolute Gasteiger partial charge is 0.376 e. The van der Waals surface area contributed by atoms with Crippen LogP contribution in [0.15, 0.2) is 49.6 Å². The van der Waals surface area contributed by atoms with Gasteiger partial charge in [-0.05, 0) is 30.5 Å². The monoisotopic (exact) mass is 318 g/mol. The van der Waals surface area contributed by atoms with Crippen LogP contribution in [0, 0.1) is 5.82 Å². The van der Waals surface area contributed by atoms with Crippen LogP contribution in [0.3, 0.4) is 0 Å². The second kappa shape index (κ2) is 8.48. The lowest BCUT2D eigenvalue weighted by Gasteiger charge is -2.28. The molecular weight excluding hydrogens is 295 g/mol. The molecule has 0 aromatic heterocycles. The van der Waals surface area contributed by atoms with Crippen LogP contribution in [-0.2, 0) is 4.74 Å². The molecule has 1 aliphatic heterocycles. The maximum atomic E-state index is 13.2. The van der Waals surface area contributed by atoms with Crippen molar-refractivity contribution in [2.45, 2.75) is 25.0 Å². The highest BCUT2D eigenvalue weighted by molar-refractivity contribution is 5.75. The third-order valence-corrected chi connectivity index (χ3v) is 3.83. The normalized spacial score (nSPS) is 18.2. The van der Waals surface area contributed by atoms with Crippen LogP contribution in [0.4, 0.5) is 9.18 Å². The van der Waals surface area contributed by atoms with E-state index in [1.54, 1.807) is 29.2 Å². The van der Waals surface area contributed by atoms with Crippen LogP contribution in [0.25, 0.3) is 0 Å². The molecule has 0 bridgehead atoms. The Kier molecular flexibility index (Phi) is 6.35. The fourth-order valence-electron chi connectivity index (χ4n) is 2.70. The zero-order chi connectivity index (χ0) is 16.7. The highest BCUT2D eigenvalue weighted by atomic mass is 19.1. The number of amides is 2. The van der Waals surface area contributed by atoms with Crippen LogP contribution in [-0.4, -0.2) is 36.7 Å². The van der Waals surface area contributed by atoms with Gasteiger partial charge in [-0.2, -0.15) is 0 Å². The van der Waals surface area contributed by atoms with E-state index in [1.165, 1.54) is 12.1 Å². The van der Waals surface area contributed by atoms with Crippen molar-refractivity contribution in [3.05, 3.63) is 61.0 Å². The van der Waals surface area contributed by atoms with Gasteiger partial charge in [0.2, 0.25) is 0 Å². The highest BCUT2D eigenvalue weighted by Crippen LogP contribution is 2.27. The Bertz CT molecular complexity index is 528. The van der Waals surface area contributed by atoms with Crippen molar-refractivity contribution in [2.24, 2.45) is 0 Å². The Morgan fingerprint density at radius 3 is 2.52 bits per heavy atom. The Morgan fingerprint density at radius 2 is 2.00 bits per heavy atom. The lowest BCUT2D eigenvalue weighted by molar-refractivity contribution is 0.0785. The molecule has 4 nitrogen and oxygen atoms in total. The average molecular weight is 318 g/mol. The zero-order valence-electron chi connectivity index (χ0n) is 13.2. The van der Waals surface area contributed by atoms with E-state index in [9.17, 15) is 9.18 Å². The zero-order valence-corrected chi connectivity index (χ0v) is 13.2. The van der Waals surface area contributed by atoms with Gasteiger partial charge in [-0.1, -0.05) is 24.3 Å². The Balaban J connectivity index is 2.16. The summed E-state index contributed by atoms with van der Waals surface area (Å²) < 4.78 is 18.9. The van der Waals surface area contributed by atoms with Crippen LogP contribution >= 0.6 is 0 Å². The van der Waals surface area contributed by atoms with E-state index in [0.717, 1.165) is 18.4 Å². The van der Waals surface area contributed by atoms with Crippen LogP contribution < -0.4 is 5.32 Å². The summed E-state index contributed by atoms with van der Waals surface area (Å²) >= 11 is 0. The van der Waals surface area contributed by atoms with Crippen LogP contribution in [0.5, 0.6) is 0 Å². The van der Waals surface area contributed by atoms with E-state index in [4.69, 9.17) is 4.74 Å². The molecule has 0 spiro atoms. The molecule has 124 valence electrons. The molecule has 23 heavy (non-hydrogen) atoms. The fraction of sp³-hybridized carbons (Fsp3) is 0.389. The number of nitrogens with one attached hydrogen (secondary N) is 1. The molecule has 2 rings (SSSR count). The minimum Gasteiger partial charge on any atom is -0.376 e. The lowest BCUT2D eigenvalue weighted by Crippen LogP contribution is -2.44. The number of halogens is 1. The summed E-state index contributed by atoms with van der Waals surface area (Å²) in [6.07, 6.45) is 5.06. The van der Waals surface area contributed by atoms with Gasteiger partial charge in [-0.3, -0.25) is 0 Å². The standard InChI is InChI=1S/C18H23FN2O2/c1-3-11-21(12-4-2)18(22)20-17(16-6-5-13-23-16)14-7-9-15(19)10-8-14/h3-4,7-10,16-17H,1-2,5-6,11-13H2,(H,20,22). The Labute approximate surface area is 136 Å². The molecule has 1 fully saturated rings. The highest BCUT2D eigenvalue weighted by Gasteiger charge is 2.29. The third kappa shape index (κ3) is 4.66. The number of carbonyl (C=O) groups excluding carboxylic acids is 1. The number of benzene rings is 1. The number of nitrogens with zero attached hydrogens (tertiary/aromatic N) is 1. The Hall–Kier alpha value is -2.14. The number of urea groups is 1.